The number of piperidine rings is 1. The lowest BCUT2D eigenvalue weighted by Crippen LogP contribution is -2.34. The van der Waals surface area contributed by atoms with E-state index in [0.29, 0.717) is 24.0 Å². The van der Waals surface area contributed by atoms with Gasteiger partial charge in [0.1, 0.15) is 22.9 Å². The number of hydrogen-bond acceptors (Lipinski definition) is 9. The average molecular weight is 478 g/mol. The Morgan fingerprint density at radius 2 is 1.83 bits per heavy atom. The molecule has 0 spiro atoms. The highest BCUT2D eigenvalue weighted by Crippen LogP contribution is 2.27. The first-order chi connectivity index (χ1) is 16.9. The van der Waals surface area contributed by atoms with Gasteiger partial charge in [-0.05, 0) is 50.2 Å². The lowest BCUT2D eigenvalue weighted by molar-refractivity contribution is 0.100. The molecule has 6 N–H and O–H groups in total. The number of carbonyl (C=O) groups is 1. The highest BCUT2D eigenvalue weighted by molar-refractivity contribution is 6.04. The van der Waals surface area contributed by atoms with E-state index in [4.69, 9.17) is 22.3 Å². The van der Waals surface area contributed by atoms with E-state index in [1.165, 1.54) is 12.8 Å². The predicted octanol–water partition coefficient (Wildman–Crippen LogP) is 3.73. The largest absolute Gasteiger partial charge is 0.486 e. The summed E-state index contributed by atoms with van der Waals surface area (Å²) in [4.78, 5) is 30.2. The molecule has 0 aliphatic carbocycles. The van der Waals surface area contributed by atoms with E-state index >= 15 is 0 Å². The van der Waals surface area contributed by atoms with Crippen molar-refractivity contribution < 1.29 is 4.79 Å². The zero-order valence-electron chi connectivity index (χ0n) is 19.9. The molecule has 0 atom stereocenters. The lowest BCUT2D eigenvalue weighted by Gasteiger charge is -2.33. The van der Waals surface area contributed by atoms with E-state index in [1.54, 1.807) is 6.20 Å². The van der Waals surface area contributed by atoms with E-state index in [2.05, 4.69) is 30.1 Å². The Labute approximate surface area is 205 Å². The highest BCUT2D eigenvalue weighted by atomic mass is 16.1. The van der Waals surface area contributed by atoms with Gasteiger partial charge in [0, 0.05) is 32.4 Å². The summed E-state index contributed by atoms with van der Waals surface area (Å²) in [6.45, 7) is 3.36. The molecule has 0 saturated carbocycles. The molecule has 2 aliphatic rings. The van der Waals surface area contributed by atoms with Crippen LogP contribution in [0.15, 0.2) is 18.3 Å². The fourth-order valence-corrected chi connectivity index (χ4v) is 4.75. The molecule has 0 unspecified atom stereocenters. The summed E-state index contributed by atoms with van der Waals surface area (Å²) in [5.74, 6) is 1.33. The zero-order valence-corrected chi connectivity index (χ0v) is 19.9. The molecule has 11 heteroatoms. The van der Waals surface area contributed by atoms with Crippen LogP contribution in [0.25, 0.3) is 5.73 Å². The number of carbonyl (C=O) groups excluding carboxylic acids is 1. The minimum Gasteiger partial charge on any atom is -0.486 e. The summed E-state index contributed by atoms with van der Waals surface area (Å²) in [5, 5.41) is 18.4. The molecular weight excluding hydrogens is 444 g/mol. The molecule has 2 saturated heterocycles. The van der Waals surface area contributed by atoms with Crippen molar-refractivity contribution in [3.05, 3.63) is 35.3 Å². The first kappa shape index (κ1) is 24.4. The molecule has 2 fully saturated rings. The fraction of sp³-hybridized carbons (Fsp3) is 0.500. The second-order valence-corrected chi connectivity index (χ2v) is 9.19. The summed E-state index contributed by atoms with van der Waals surface area (Å²) in [6, 6.07) is 3.81. The average Bonchev–Trinajstić information content (AvgIpc) is 3.14. The quantitative estimate of drug-likeness (QED) is 0.331. The molecule has 0 bridgehead atoms. The van der Waals surface area contributed by atoms with Crippen molar-refractivity contribution in [1.29, 1.82) is 10.8 Å². The van der Waals surface area contributed by atoms with Gasteiger partial charge in [0.25, 0.3) is 5.91 Å². The first-order valence-corrected chi connectivity index (χ1v) is 12.2. The Hall–Kier alpha value is -3.76. The van der Waals surface area contributed by atoms with E-state index in [9.17, 15) is 4.79 Å². The van der Waals surface area contributed by atoms with Gasteiger partial charge in [-0.15, -0.1) is 0 Å². The number of anilines is 4. The third-order valence-corrected chi connectivity index (χ3v) is 6.64. The molecule has 11 nitrogen and oxygen atoms in total. The smallest absolute Gasteiger partial charge is 0.254 e. The number of nitrogens with one attached hydrogen (secondary N) is 4. The summed E-state index contributed by atoms with van der Waals surface area (Å²) in [5.41, 5.74) is 14.0. The number of hydrogen-bond donors (Lipinski definition) is 4. The van der Waals surface area contributed by atoms with Gasteiger partial charge < -0.3 is 37.4 Å². The van der Waals surface area contributed by atoms with Gasteiger partial charge in [-0.25, -0.2) is 9.97 Å². The van der Waals surface area contributed by atoms with Crippen LogP contribution >= 0.6 is 0 Å². The number of primary amides is 1. The van der Waals surface area contributed by atoms with E-state index < -0.39 is 5.91 Å². The van der Waals surface area contributed by atoms with Crippen molar-refractivity contribution in [3.8, 4) is 0 Å². The number of amidine groups is 1. The van der Waals surface area contributed by atoms with Crippen LogP contribution in [-0.2, 0) is 0 Å². The summed E-state index contributed by atoms with van der Waals surface area (Å²) in [7, 11) is 0. The summed E-state index contributed by atoms with van der Waals surface area (Å²) < 4.78 is 0. The third kappa shape index (κ3) is 6.03. The molecule has 2 aliphatic heterocycles. The molecule has 0 aromatic carbocycles. The van der Waals surface area contributed by atoms with E-state index in [0.717, 1.165) is 63.9 Å². The van der Waals surface area contributed by atoms with Crippen molar-refractivity contribution in [3.63, 3.8) is 0 Å². The normalized spacial score (nSPS) is 17.0. The molecule has 186 valence electrons. The van der Waals surface area contributed by atoms with Crippen LogP contribution < -0.4 is 20.9 Å². The van der Waals surface area contributed by atoms with Gasteiger partial charge in [0.2, 0.25) is 5.95 Å². The minimum atomic E-state index is -0.693. The SMILES string of the molecule is N=Cc1nc(N2CCCCCC2)nc(Nc2ccc(N3CCC(CC(=N)[NH-])CC3)nc2)c1C(N)=O. The zero-order chi connectivity index (χ0) is 24.8. The predicted molar refractivity (Wildman–Crippen MR) is 138 cm³/mol. The molecule has 1 amide bonds. The second kappa shape index (κ2) is 11.1. The van der Waals surface area contributed by atoms with E-state index in [1.807, 2.05) is 12.1 Å². The van der Waals surface area contributed by atoms with Crippen LogP contribution in [0.3, 0.4) is 0 Å². The summed E-state index contributed by atoms with van der Waals surface area (Å²) in [6.07, 6.45) is 9.61. The van der Waals surface area contributed by atoms with Crippen molar-refractivity contribution >= 4 is 41.2 Å². The lowest BCUT2D eigenvalue weighted by atomic mass is 9.93. The molecule has 2 aromatic heterocycles. The molecule has 2 aromatic rings. The number of amides is 1. The Bertz CT molecular complexity index is 1050. The van der Waals surface area contributed by atoms with Crippen LogP contribution in [0.4, 0.5) is 23.3 Å². The molecule has 4 rings (SSSR count). The van der Waals surface area contributed by atoms with Gasteiger partial charge in [0.15, 0.2) is 0 Å². The molecule has 4 heterocycles. The van der Waals surface area contributed by atoms with Gasteiger partial charge in [-0.1, -0.05) is 18.7 Å². The van der Waals surface area contributed by atoms with E-state index in [-0.39, 0.29) is 22.9 Å². The Kier molecular flexibility index (Phi) is 7.74. The monoisotopic (exact) mass is 477 g/mol. The van der Waals surface area contributed by atoms with Crippen LogP contribution in [0, 0.1) is 16.7 Å². The molecule has 35 heavy (non-hydrogen) atoms. The Balaban J connectivity index is 1.52. The van der Waals surface area contributed by atoms with Crippen LogP contribution in [0.1, 0.15) is 61.0 Å². The van der Waals surface area contributed by atoms with Crippen LogP contribution in [-0.4, -0.2) is 59.1 Å². The van der Waals surface area contributed by atoms with Crippen molar-refractivity contribution in [2.24, 2.45) is 11.7 Å². The maximum Gasteiger partial charge on any atom is 0.254 e. The second-order valence-electron chi connectivity index (χ2n) is 9.19. The molecule has 0 radical (unpaired) electrons. The topological polar surface area (TPSA) is 172 Å². The number of pyridine rings is 1. The van der Waals surface area contributed by atoms with Crippen molar-refractivity contribution in [1.82, 2.24) is 15.0 Å². The van der Waals surface area contributed by atoms with Gasteiger partial charge in [-0.2, -0.15) is 4.98 Å². The minimum absolute atomic E-state index is 0.00206. The fourth-order valence-electron chi connectivity index (χ4n) is 4.75. The van der Waals surface area contributed by atoms with Crippen molar-refractivity contribution in [2.75, 3.05) is 41.3 Å². The standard InChI is InChI=1S/C24H34N10O/c25-14-18-21(22(28)35)23(32-24(31-18)34-9-3-1-2-4-10-34)30-17-5-6-20(29-15-17)33-11-7-16(8-12-33)13-19(26)27/h5-6,14-16,25H,1-4,7-13H2,(H6,26,27,28,30,31,32,35)/p-1. The number of nitrogens with zero attached hydrogens (tertiary/aromatic N) is 5. The van der Waals surface area contributed by atoms with Gasteiger partial charge in [-0.3, -0.25) is 4.79 Å². The number of rotatable bonds is 8. The van der Waals surface area contributed by atoms with Crippen LogP contribution in [0.5, 0.6) is 0 Å². The van der Waals surface area contributed by atoms with Crippen molar-refractivity contribution in [2.45, 2.75) is 44.9 Å². The first-order valence-electron chi connectivity index (χ1n) is 12.2. The third-order valence-electron chi connectivity index (χ3n) is 6.64. The Morgan fingerprint density at radius 1 is 1.11 bits per heavy atom. The van der Waals surface area contributed by atoms with Gasteiger partial charge >= 0.3 is 0 Å². The maximum atomic E-state index is 12.2. The van der Waals surface area contributed by atoms with Gasteiger partial charge in [0.05, 0.1) is 11.9 Å². The maximum absolute atomic E-state index is 12.2. The molecular formula is C24H33N10O-. The Morgan fingerprint density at radius 3 is 2.40 bits per heavy atom. The number of aromatic nitrogens is 3. The summed E-state index contributed by atoms with van der Waals surface area (Å²) >= 11 is 0. The highest BCUT2D eigenvalue weighted by Gasteiger charge is 2.23. The number of nitrogens with two attached hydrogens (primary N) is 1. The van der Waals surface area contributed by atoms with Crippen LogP contribution in [0.2, 0.25) is 0 Å².